The molecule has 6 rings (SSSR count). The molecule has 0 fully saturated rings. The first-order chi connectivity index (χ1) is 13.9. The van der Waals surface area contributed by atoms with Gasteiger partial charge in [0.15, 0.2) is 0 Å². The summed E-state index contributed by atoms with van der Waals surface area (Å²) in [5.41, 5.74) is 9.28. The van der Waals surface area contributed by atoms with E-state index in [4.69, 9.17) is 0 Å². The zero-order valence-electron chi connectivity index (χ0n) is 15.4. The lowest BCUT2D eigenvalue weighted by atomic mass is 9.93. The van der Waals surface area contributed by atoms with Gasteiger partial charge < -0.3 is 4.57 Å². The average molecular weight is 357 g/mol. The molecule has 28 heavy (non-hydrogen) atoms. The number of nitrogens with zero attached hydrogens (tertiary/aromatic N) is 1. The Morgan fingerprint density at radius 1 is 0.571 bits per heavy atom. The zero-order valence-corrected chi connectivity index (χ0v) is 15.4. The first-order valence-corrected chi connectivity index (χ1v) is 9.76. The second-order valence-electron chi connectivity index (χ2n) is 7.38. The summed E-state index contributed by atoms with van der Waals surface area (Å²) in [5, 5.41) is 1.32. The van der Waals surface area contributed by atoms with Crippen LogP contribution in [0.3, 0.4) is 0 Å². The Balaban J connectivity index is 1.78. The first-order valence-electron chi connectivity index (χ1n) is 9.76. The average Bonchev–Trinajstić information content (AvgIpc) is 3.28. The van der Waals surface area contributed by atoms with Crippen LogP contribution in [0.1, 0.15) is 17.2 Å². The van der Waals surface area contributed by atoms with E-state index in [1.807, 2.05) is 0 Å². The van der Waals surface area contributed by atoms with Crippen LogP contribution in [0.4, 0.5) is 0 Å². The van der Waals surface area contributed by atoms with Gasteiger partial charge in [0.2, 0.25) is 0 Å². The van der Waals surface area contributed by atoms with Crippen molar-refractivity contribution >= 4 is 10.9 Å². The van der Waals surface area contributed by atoms with Gasteiger partial charge in [0.25, 0.3) is 0 Å². The molecule has 0 saturated carbocycles. The second kappa shape index (κ2) is 5.97. The molecule has 1 aliphatic rings. The highest BCUT2D eigenvalue weighted by Crippen LogP contribution is 2.51. The summed E-state index contributed by atoms with van der Waals surface area (Å²) in [4.78, 5) is 0. The summed E-state index contributed by atoms with van der Waals surface area (Å²) in [6.07, 6.45) is 0. The van der Waals surface area contributed by atoms with Gasteiger partial charge in [0.1, 0.15) is 0 Å². The number of hydrogen-bond acceptors (Lipinski definition) is 0. The number of hydrogen-bond donors (Lipinski definition) is 0. The van der Waals surface area contributed by atoms with Crippen LogP contribution in [0.25, 0.3) is 33.3 Å². The maximum atomic E-state index is 2.54. The molecular formula is C27H19N. The first kappa shape index (κ1) is 15.5. The second-order valence-corrected chi connectivity index (χ2v) is 7.38. The fourth-order valence-electron chi connectivity index (χ4n) is 4.75. The van der Waals surface area contributed by atoms with Crippen molar-refractivity contribution in [2.24, 2.45) is 0 Å². The van der Waals surface area contributed by atoms with Gasteiger partial charge in [-0.25, -0.2) is 0 Å². The van der Waals surface area contributed by atoms with Gasteiger partial charge >= 0.3 is 0 Å². The fraction of sp³-hybridized carbons (Fsp3) is 0.0370. The zero-order chi connectivity index (χ0) is 18.5. The molecule has 0 N–H and O–H groups in total. The van der Waals surface area contributed by atoms with Crippen molar-refractivity contribution in [3.05, 3.63) is 120 Å². The Hall–Kier alpha value is -3.58. The molecule has 0 amide bonds. The fourth-order valence-corrected chi connectivity index (χ4v) is 4.75. The molecule has 0 radical (unpaired) electrons. The predicted octanol–water partition coefficient (Wildman–Crippen LogP) is 6.93. The van der Waals surface area contributed by atoms with Crippen LogP contribution in [0.2, 0.25) is 0 Å². The largest absolute Gasteiger partial charge is 0.328 e. The van der Waals surface area contributed by atoms with Crippen molar-refractivity contribution in [2.45, 2.75) is 6.04 Å². The number of fused-ring (bicyclic) bond motifs is 5. The Labute approximate surface area is 164 Å². The van der Waals surface area contributed by atoms with Gasteiger partial charge in [-0.1, -0.05) is 103 Å². The van der Waals surface area contributed by atoms with Crippen molar-refractivity contribution in [3.8, 4) is 22.4 Å². The number of para-hydroxylation sites is 1. The molecule has 4 aromatic carbocycles. The monoisotopic (exact) mass is 357 g/mol. The van der Waals surface area contributed by atoms with E-state index >= 15 is 0 Å². The van der Waals surface area contributed by atoms with Crippen molar-refractivity contribution in [1.29, 1.82) is 0 Å². The van der Waals surface area contributed by atoms with E-state index in [-0.39, 0.29) is 6.04 Å². The molecule has 132 valence electrons. The van der Waals surface area contributed by atoms with Crippen molar-refractivity contribution in [3.63, 3.8) is 0 Å². The standard InChI is InChI=1S/C27H19N/c1-3-11-19(12-4-1)25-23-17-9-10-18-24(23)28-26(20-13-5-2-6-14-20)21-15-7-8-16-22(21)27(25)28/h1-18,26H. The van der Waals surface area contributed by atoms with E-state index in [0.29, 0.717) is 0 Å². The van der Waals surface area contributed by atoms with Crippen LogP contribution in [-0.4, -0.2) is 4.57 Å². The lowest BCUT2D eigenvalue weighted by Crippen LogP contribution is -2.07. The molecule has 1 heteroatoms. The molecular weight excluding hydrogens is 338 g/mol. The maximum absolute atomic E-state index is 2.54. The smallest absolute Gasteiger partial charge is 0.0852 e. The normalized spacial score (nSPS) is 14.8. The molecule has 1 aliphatic heterocycles. The van der Waals surface area contributed by atoms with Gasteiger partial charge in [-0.15, -0.1) is 0 Å². The van der Waals surface area contributed by atoms with Crippen LogP contribution >= 0.6 is 0 Å². The van der Waals surface area contributed by atoms with Gasteiger partial charge in [-0.2, -0.15) is 0 Å². The molecule has 1 unspecified atom stereocenters. The summed E-state index contributed by atoms with van der Waals surface area (Å²) in [6.45, 7) is 0. The minimum Gasteiger partial charge on any atom is -0.328 e. The number of benzene rings is 4. The van der Waals surface area contributed by atoms with E-state index in [0.717, 1.165) is 0 Å². The van der Waals surface area contributed by atoms with E-state index in [2.05, 4.69) is 114 Å². The minimum atomic E-state index is 0.203. The lowest BCUT2D eigenvalue weighted by Gasteiger charge is -2.17. The third-order valence-electron chi connectivity index (χ3n) is 5.86. The summed E-state index contributed by atoms with van der Waals surface area (Å²) in [5.74, 6) is 0. The van der Waals surface area contributed by atoms with Gasteiger partial charge in [0.05, 0.1) is 17.3 Å². The molecule has 1 atom stereocenters. The summed E-state index contributed by atoms with van der Waals surface area (Å²) in [7, 11) is 0. The summed E-state index contributed by atoms with van der Waals surface area (Å²) >= 11 is 0. The van der Waals surface area contributed by atoms with Crippen molar-refractivity contribution < 1.29 is 0 Å². The highest BCUT2D eigenvalue weighted by atomic mass is 15.1. The van der Waals surface area contributed by atoms with E-state index < -0.39 is 0 Å². The lowest BCUT2D eigenvalue weighted by molar-refractivity contribution is 0.743. The summed E-state index contributed by atoms with van der Waals surface area (Å²) < 4.78 is 2.54. The van der Waals surface area contributed by atoms with Crippen LogP contribution < -0.4 is 0 Å². The molecule has 5 aromatic rings. The van der Waals surface area contributed by atoms with E-state index in [1.165, 1.54) is 44.4 Å². The third-order valence-corrected chi connectivity index (χ3v) is 5.86. The highest BCUT2D eigenvalue weighted by molar-refractivity contribution is 6.06. The van der Waals surface area contributed by atoms with Crippen LogP contribution in [0, 0.1) is 0 Å². The maximum Gasteiger partial charge on any atom is 0.0852 e. The third kappa shape index (κ3) is 2.07. The molecule has 0 saturated heterocycles. The number of rotatable bonds is 2. The van der Waals surface area contributed by atoms with Crippen LogP contribution in [0.15, 0.2) is 109 Å². The molecule has 1 aromatic heterocycles. The van der Waals surface area contributed by atoms with Crippen molar-refractivity contribution in [1.82, 2.24) is 4.57 Å². The Morgan fingerprint density at radius 2 is 1.21 bits per heavy atom. The summed E-state index contributed by atoms with van der Waals surface area (Å²) in [6, 6.07) is 39.5. The topological polar surface area (TPSA) is 4.93 Å². The molecule has 1 nitrogen and oxygen atoms in total. The van der Waals surface area contributed by atoms with E-state index in [9.17, 15) is 0 Å². The Kier molecular flexibility index (Phi) is 3.30. The molecule has 0 aliphatic carbocycles. The predicted molar refractivity (Wildman–Crippen MR) is 116 cm³/mol. The molecule has 2 heterocycles. The van der Waals surface area contributed by atoms with Gasteiger partial charge in [0, 0.05) is 16.5 Å². The SMILES string of the molecule is c1ccc(-c2c3n(c4ccccc24)C(c2ccccc2)c2ccccc2-3)cc1. The number of aromatic nitrogens is 1. The molecule has 0 bridgehead atoms. The van der Waals surface area contributed by atoms with Gasteiger partial charge in [-0.3, -0.25) is 0 Å². The van der Waals surface area contributed by atoms with E-state index in [1.54, 1.807) is 0 Å². The minimum absolute atomic E-state index is 0.203. The van der Waals surface area contributed by atoms with Crippen molar-refractivity contribution in [2.75, 3.05) is 0 Å². The van der Waals surface area contributed by atoms with Crippen LogP contribution in [-0.2, 0) is 0 Å². The van der Waals surface area contributed by atoms with Gasteiger partial charge in [-0.05, 0) is 22.8 Å². The molecule has 0 spiro atoms. The van der Waals surface area contributed by atoms with Crippen LogP contribution in [0.5, 0.6) is 0 Å². The quantitative estimate of drug-likeness (QED) is 0.317. The Morgan fingerprint density at radius 3 is 2.04 bits per heavy atom. The highest BCUT2D eigenvalue weighted by Gasteiger charge is 2.34. The Bertz CT molecular complexity index is 1300.